The van der Waals surface area contributed by atoms with Crippen LogP contribution in [0.3, 0.4) is 0 Å². The average molecular weight is 360 g/mol. The molecule has 2 aliphatic rings. The highest BCUT2D eigenvalue weighted by molar-refractivity contribution is 5.99. The third-order valence-electron chi connectivity index (χ3n) is 4.81. The molecule has 1 N–H and O–H groups in total. The van der Waals surface area contributed by atoms with E-state index in [1.54, 1.807) is 28.0 Å². The quantitative estimate of drug-likeness (QED) is 0.803. The molecule has 2 heterocycles. The van der Waals surface area contributed by atoms with E-state index in [2.05, 4.69) is 0 Å². The van der Waals surface area contributed by atoms with Gasteiger partial charge in [0.15, 0.2) is 0 Å². The summed E-state index contributed by atoms with van der Waals surface area (Å²) < 4.78 is 5.60. The van der Waals surface area contributed by atoms with Gasteiger partial charge in [-0.25, -0.2) is 0 Å². The molecule has 1 aromatic rings. The monoisotopic (exact) mass is 360 g/mol. The van der Waals surface area contributed by atoms with Gasteiger partial charge < -0.3 is 19.6 Å². The molecule has 0 bridgehead atoms. The molecule has 0 spiro atoms. The molecule has 140 valence electrons. The Morgan fingerprint density at radius 2 is 2.15 bits per heavy atom. The summed E-state index contributed by atoms with van der Waals surface area (Å²) in [6.45, 7) is 1.87. The molecule has 0 aliphatic carbocycles. The third kappa shape index (κ3) is 4.40. The molecule has 7 nitrogen and oxygen atoms in total. The maximum Gasteiger partial charge on any atom is 0.305 e. The van der Waals surface area contributed by atoms with E-state index in [1.807, 2.05) is 6.07 Å². The number of rotatable bonds is 7. The van der Waals surface area contributed by atoms with Crippen molar-refractivity contribution in [1.29, 1.82) is 0 Å². The fraction of sp³-hybridized carbons (Fsp3) is 0.526. The van der Waals surface area contributed by atoms with E-state index in [1.165, 1.54) is 0 Å². The number of carboxylic acids is 1. The van der Waals surface area contributed by atoms with Crippen molar-refractivity contribution in [3.63, 3.8) is 0 Å². The Balaban J connectivity index is 1.76. The summed E-state index contributed by atoms with van der Waals surface area (Å²) in [5, 5.41) is 8.98. The van der Waals surface area contributed by atoms with Gasteiger partial charge in [-0.3, -0.25) is 14.4 Å². The second kappa shape index (κ2) is 8.31. The molecular formula is C19H24N2O5. The smallest absolute Gasteiger partial charge is 0.305 e. The van der Waals surface area contributed by atoms with Gasteiger partial charge in [-0.2, -0.15) is 0 Å². The minimum Gasteiger partial charge on any atom is -0.481 e. The molecule has 2 fully saturated rings. The molecule has 0 aromatic heterocycles. The molecule has 26 heavy (non-hydrogen) atoms. The maximum atomic E-state index is 13.0. The fourth-order valence-electron chi connectivity index (χ4n) is 3.45. The molecule has 1 atom stereocenters. The number of hydrogen-bond donors (Lipinski definition) is 1. The predicted octanol–water partition coefficient (Wildman–Crippen LogP) is 1.91. The van der Waals surface area contributed by atoms with E-state index < -0.39 is 5.97 Å². The SMILES string of the molecule is O=C(O)CCN(C[C@@H]1CCCO1)C(=O)c1cccc(N2CCCC2=O)c1. The first-order valence-corrected chi connectivity index (χ1v) is 9.07. The van der Waals surface area contributed by atoms with Gasteiger partial charge in [-0.15, -0.1) is 0 Å². The summed E-state index contributed by atoms with van der Waals surface area (Å²) >= 11 is 0. The van der Waals surface area contributed by atoms with E-state index >= 15 is 0 Å². The van der Waals surface area contributed by atoms with Crippen LogP contribution in [0.4, 0.5) is 5.69 Å². The van der Waals surface area contributed by atoms with Crippen LogP contribution in [0.1, 0.15) is 42.5 Å². The molecule has 0 unspecified atom stereocenters. The highest BCUT2D eigenvalue weighted by atomic mass is 16.5. The standard InChI is InChI=1S/C19H24N2O5/c22-17-7-2-9-21(17)15-5-1-4-14(12-15)19(25)20(10-8-18(23)24)13-16-6-3-11-26-16/h1,4-5,12,16H,2-3,6-11,13H2,(H,23,24)/t16-/m0/s1. The average Bonchev–Trinajstić information content (AvgIpc) is 3.29. The van der Waals surface area contributed by atoms with Crippen LogP contribution in [0.5, 0.6) is 0 Å². The van der Waals surface area contributed by atoms with Crippen LogP contribution in [0, 0.1) is 0 Å². The third-order valence-corrected chi connectivity index (χ3v) is 4.81. The van der Waals surface area contributed by atoms with Crippen LogP contribution in [-0.4, -0.2) is 60.1 Å². The van der Waals surface area contributed by atoms with Crippen LogP contribution in [0.2, 0.25) is 0 Å². The van der Waals surface area contributed by atoms with Gasteiger partial charge in [0.1, 0.15) is 0 Å². The highest BCUT2D eigenvalue weighted by Crippen LogP contribution is 2.23. The molecule has 3 rings (SSSR count). The number of nitrogens with zero attached hydrogens (tertiary/aromatic N) is 2. The van der Waals surface area contributed by atoms with Gasteiger partial charge in [-0.1, -0.05) is 6.07 Å². The number of anilines is 1. The van der Waals surface area contributed by atoms with Crippen molar-refractivity contribution >= 4 is 23.5 Å². The molecular weight excluding hydrogens is 336 g/mol. The van der Waals surface area contributed by atoms with Crippen molar-refractivity contribution in [3.8, 4) is 0 Å². The predicted molar refractivity (Wildman–Crippen MR) is 95.2 cm³/mol. The Hall–Kier alpha value is -2.41. The summed E-state index contributed by atoms with van der Waals surface area (Å²) in [6.07, 6.45) is 3.03. The van der Waals surface area contributed by atoms with Crippen LogP contribution in [-0.2, 0) is 14.3 Å². The Bertz CT molecular complexity index is 684. The molecule has 0 saturated carbocycles. The van der Waals surface area contributed by atoms with Gasteiger partial charge in [-0.05, 0) is 37.5 Å². The van der Waals surface area contributed by atoms with Crippen molar-refractivity contribution in [2.45, 2.75) is 38.2 Å². The van der Waals surface area contributed by atoms with E-state index in [0.29, 0.717) is 37.4 Å². The summed E-state index contributed by atoms with van der Waals surface area (Å²) in [4.78, 5) is 39.1. The van der Waals surface area contributed by atoms with Crippen molar-refractivity contribution in [2.75, 3.05) is 31.1 Å². The lowest BCUT2D eigenvalue weighted by atomic mass is 10.1. The first kappa shape index (κ1) is 18.4. The number of carboxylic acid groups (broad SMARTS) is 1. The Labute approximate surface area is 152 Å². The second-order valence-corrected chi connectivity index (χ2v) is 6.73. The number of hydrogen-bond acceptors (Lipinski definition) is 4. The highest BCUT2D eigenvalue weighted by Gasteiger charge is 2.26. The summed E-state index contributed by atoms with van der Waals surface area (Å²) in [7, 11) is 0. The molecule has 0 radical (unpaired) electrons. The zero-order chi connectivity index (χ0) is 18.5. The maximum absolute atomic E-state index is 13.0. The van der Waals surface area contributed by atoms with E-state index in [0.717, 1.165) is 19.3 Å². The first-order chi connectivity index (χ1) is 12.5. The Morgan fingerprint density at radius 1 is 1.31 bits per heavy atom. The first-order valence-electron chi connectivity index (χ1n) is 9.07. The van der Waals surface area contributed by atoms with Crippen LogP contribution in [0.25, 0.3) is 0 Å². The molecule has 2 saturated heterocycles. The zero-order valence-corrected chi connectivity index (χ0v) is 14.7. The lowest BCUT2D eigenvalue weighted by molar-refractivity contribution is -0.137. The largest absolute Gasteiger partial charge is 0.481 e. The van der Waals surface area contributed by atoms with Crippen molar-refractivity contribution in [2.24, 2.45) is 0 Å². The fourth-order valence-corrected chi connectivity index (χ4v) is 3.45. The molecule has 2 aliphatic heterocycles. The summed E-state index contributed by atoms with van der Waals surface area (Å²) in [5.74, 6) is -1.10. The van der Waals surface area contributed by atoms with Crippen molar-refractivity contribution in [1.82, 2.24) is 4.90 Å². The minimum absolute atomic E-state index is 0.0453. The molecule has 1 aromatic carbocycles. The van der Waals surface area contributed by atoms with Crippen molar-refractivity contribution < 1.29 is 24.2 Å². The number of benzene rings is 1. The normalized spacial score (nSPS) is 19.8. The number of carbonyl (C=O) groups excluding carboxylic acids is 2. The van der Waals surface area contributed by atoms with Gasteiger partial charge in [0, 0.05) is 43.9 Å². The molecule has 7 heteroatoms. The zero-order valence-electron chi connectivity index (χ0n) is 14.7. The lowest BCUT2D eigenvalue weighted by Crippen LogP contribution is -2.39. The lowest BCUT2D eigenvalue weighted by Gasteiger charge is -2.25. The number of amides is 2. The number of carbonyl (C=O) groups is 3. The number of aliphatic carboxylic acids is 1. The van der Waals surface area contributed by atoms with Crippen LogP contribution >= 0.6 is 0 Å². The summed E-state index contributed by atoms with van der Waals surface area (Å²) in [6, 6.07) is 7.00. The summed E-state index contributed by atoms with van der Waals surface area (Å²) in [5.41, 5.74) is 1.18. The van der Waals surface area contributed by atoms with E-state index in [4.69, 9.17) is 9.84 Å². The van der Waals surface area contributed by atoms with Crippen LogP contribution < -0.4 is 4.90 Å². The van der Waals surface area contributed by atoms with E-state index in [9.17, 15) is 14.4 Å². The Morgan fingerprint density at radius 3 is 2.81 bits per heavy atom. The topological polar surface area (TPSA) is 87.2 Å². The van der Waals surface area contributed by atoms with E-state index in [-0.39, 0.29) is 30.9 Å². The Kier molecular flexibility index (Phi) is 5.88. The van der Waals surface area contributed by atoms with Gasteiger partial charge in [0.25, 0.3) is 5.91 Å². The van der Waals surface area contributed by atoms with Gasteiger partial charge >= 0.3 is 5.97 Å². The second-order valence-electron chi connectivity index (χ2n) is 6.73. The number of ether oxygens (including phenoxy) is 1. The van der Waals surface area contributed by atoms with Gasteiger partial charge in [0.05, 0.1) is 12.5 Å². The van der Waals surface area contributed by atoms with Gasteiger partial charge in [0.2, 0.25) is 5.91 Å². The molecule has 2 amide bonds. The minimum atomic E-state index is -0.938. The van der Waals surface area contributed by atoms with Crippen molar-refractivity contribution in [3.05, 3.63) is 29.8 Å². The van der Waals surface area contributed by atoms with Crippen LogP contribution in [0.15, 0.2) is 24.3 Å².